The summed E-state index contributed by atoms with van der Waals surface area (Å²) in [6, 6.07) is 16.0. The lowest BCUT2D eigenvalue weighted by Gasteiger charge is -2.33. The second-order valence-electron chi connectivity index (χ2n) is 6.46. The van der Waals surface area contributed by atoms with Crippen LogP contribution in [0.25, 0.3) is 11.4 Å². The van der Waals surface area contributed by atoms with Crippen molar-refractivity contribution in [2.24, 2.45) is 0 Å². The SMILES string of the molecule is CS(=O)(=O)N1C[C@H](C(=O)NCc2nc(-c3ccccc3)no2)Oc2ccccc21. The van der Waals surface area contributed by atoms with Gasteiger partial charge in [0.1, 0.15) is 5.75 Å². The molecule has 0 saturated heterocycles. The Hall–Kier alpha value is -3.40. The van der Waals surface area contributed by atoms with Gasteiger partial charge < -0.3 is 14.6 Å². The molecule has 3 aromatic rings. The highest BCUT2D eigenvalue weighted by molar-refractivity contribution is 7.92. The lowest BCUT2D eigenvalue weighted by Crippen LogP contribution is -2.50. The Morgan fingerprint density at radius 1 is 1.17 bits per heavy atom. The number of carbonyl (C=O) groups excluding carboxylic acids is 1. The zero-order chi connectivity index (χ0) is 20.4. The molecule has 29 heavy (non-hydrogen) atoms. The maximum atomic E-state index is 12.6. The first-order valence-electron chi connectivity index (χ1n) is 8.81. The van der Waals surface area contributed by atoms with E-state index in [1.807, 2.05) is 30.3 Å². The normalized spacial score (nSPS) is 16.0. The van der Waals surface area contributed by atoms with Gasteiger partial charge in [0, 0.05) is 5.56 Å². The molecule has 0 unspecified atom stereocenters. The molecule has 4 rings (SSSR count). The van der Waals surface area contributed by atoms with E-state index in [4.69, 9.17) is 9.26 Å². The molecule has 1 aliphatic heterocycles. The van der Waals surface area contributed by atoms with Gasteiger partial charge in [0.05, 0.1) is 25.0 Å². The van der Waals surface area contributed by atoms with Crippen molar-refractivity contribution in [3.8, 4) is 17.1 Å². The number of aromatic nitrogens is 2. The van der Waals surface area contributed by atoms with Gasteiger partial charge >= 0.3 is 0 Å². The maximum Gasteiger partial charge on any atom is 0.263 e. The van der Waals surface area contributed by atoms with Crippen molar-refractivity contribution < 1.29 is 22.5 Å². The monoisotopic (exact) mass is 414 g/mol. The van der Waals surface area contributed by atoms with Crippen LogP contribution in [0, 0.1) is 0 Å². The van der Waals surface area contributed by atoms with Crippen LogP contribution in [0.4, 0.5) is 5.69 Å². The van der Waals surface area contributed by atoms with Gasteiger partial charge in [0.15, 0.2) is 6.10 Å². The summed E-state index contributed by atoms with van der Waals surface area (Å²) in [6.07, 6.45) is 0.0873. The van der Waals surface area contributed by atoms with E-state index in [1.165, 1.54) is 0 Å². The highest BCUT2D eigenvalue weighted by atomic mass is 32.2. The van der Waals surface area contributed by atoms with Gasteiger partial charge in [-0.1, -0.05) is 47.6 Å². The first kappa shape index (κ1) is 18.9. The van der Waals surface area contributed by atoms with Gasteiger partial charge in [-0.3, -0.25) is 9.10 Å². The highest BCUT2D eigenvalue weighted by Gasteiger charge is 2.34. The third-order valence-electron chi connectivity index (χ3n) is 4.34. The van der Waals surface area contributed by atoms with E-state index in [0.717, 1.165) is 16.1 Å². The van der Waals surface area contributed by atoms with Crippen molar-refractivity contribution in [1.29, 1.82) is 0 Å². The Morgan fingerprint density at radius 3 is 2.66 bits per heavy atom. The molecule has 2 heterocycles. The number of anilines is 1. The van der Waals surface area contributed by atoms with E-state index < -0.39 is 22.0 Å². The smallest absolute Gasteiger partial charge is 0.263 e. The standard InChI is InChI=1S/C19H18N4O5S/c1-29(25,26)23-12-16(27-15-10-6-5-9-14(15)23)19(24)20-11-17-21-18(22-28-17)13-7-3-2-4-8-13/h2-10,16H,11-12H2,1H3,(H,20,24)/t16-/m1/s1. The number of ether oxygens (including phenoxy) is 1. The third kappa shape index (κ3) is 4.06. The summed E-state index contributed by atoms with van der Waals surface area (Å²) < 4.78 is 36.3. The summed E-state index contributed by atoms with van der Waals surface area (Å²) in [5.41, 5.74) is 1.20. The number of nitrogens with one attached hydrogen (secondary N) is 1. The second kappa shape index (κ2) is 7.55. The molecule has 0 saturated carbocycles. The van der Waals surface area contributed by atoms with Crippen molar-refractivity contribution in [3.63, 3.8) is 0 Å². The van der Waals surface area contributed by atoms with E-state index in [1.54, 1.807) is 24.3 Å². The van der Waals surface area contributed by atoms with Crippen LogP contribution in [0.5, 0.6) is 5.75 Å². The predicted octanol–water partition coefficient (Wildman–Crippen LogP) is 1.58. The molecule has 2 aromatic carbocycles. The molecule has 10 heteroatoms. The molecule has 1 atom stereocenters. The second-order valence-corrected chi connectivity index (χ2v) is 8.37. The van der Waals surface area contributed by atoms with Gasteiger partial charge in [-0.25, -0.2) is 8.42 Å². The highest BCUT2D eigenvalue weighted by Crippen LogP contribution is 2.34. The van der Waals surface area contributed by atoms with Crippen molar-refractivity contribution in [1.82, 2.24) is 15.5 Å². The predicted molar refractivity (Wildman–Crippen MR) is 105 cm³/mol. The lowest BCUT2D eigenvalue weighted by atomic mass is 10.2. The van der Waals surface area contributed by atoms with Gasteiger partial charge in [-0.2, -0.15) is 4.98 Å². The lowest BCUT2D eigenvalue weighted by molar-refractivity contribution is -0.128. The van der Waals surface area contributed by atoms with Crippen LogP contribution >= 0.6 is 0 Å². The average molecular weight is 414 g/mol. The van der Waals surface area contributed by atoms with E-state index in [2.05, 4.69) is 15.5 Å². The summed E-state index contributed by atoms with van der Waals surface area (Å²) >= 11 is 0. The number of carbonyl (C=O) groups is 1. The number of nitrogens with zero attached hydrogens (tertiary/aromatic N) is 3. The summed E-state index contributed by atoms with van der Waals surface area (Å²) in [7, 11) is -3.57. The minimum atomic E-state index is -3.57. The molecule has 0 bridgehead atoms. The zero-order valence-corrected chi connectivity index (χ0v) is 16.3. The Morgan fingerprint density at radius 2 is 1.90 bits per heavy atom. The zero-order valence-electron chi connectivity index (χ0n) is 15.5. The molecule has 150 valence electrons. The summed E-state index contributed by atoms with van der Waals surface area (Å²) in [5.74, 6) is 0.496. The molecule has 1 aliphatic rings. The first-order valence-corrected chi connectivity index (χ1v) is 10.7. The largest absolute Gasteiger partial charge is 0.476 e. The Kier molecular flexibility index (Phi) is 4.93. The number of para-hydroxylation sites is 2. The quantitative estimate of drug-likeness (QED) is 0.674. The van der Waals surface area contributed by atoms with Crippen molar-refractivity contribution >= 4 is 21.6 Å². The average Bonchev–Trinajstić information content (AvgIpc) is 3.20. The van der Waals surface area contributed by atoms with Crippen LogP contribution in [-0.4, -0.2) is 43.4 Å². The number of hydrogen-bond donors (Lipinski definition) is 1. The fourth-order valence-corrected chi connectivity index (χ4v) is 3.87. The van der Waals surface area contributed by atoms with Crippen LogP contribution < -0.4 is 14.4 Å². The van der Waals surface area contributed by atoms with E-state index >= 15 is 0 Å². The van der Waals surface area contributed by atoms with E-state index in [0.29, 0.717) is 17.3 Å². The number of fused-ring (bicyclic) bond motifs is 1. The van der Waals surface area contributed by atoms with Gasteiger partial charge in [-0.05, 0) is 12.1 Å². The van der Waals surface area contributed by atoms with Gasteiger partial charge in [0.2, 0.25) is 21.7 Å². The Bertz CT molecular complexity index is 1130. The summed E-state index contributed by atoms with van der Waals surface area (Å²) in [4.78, 5) is 16.8. The maximum absolute atomic E-state index is 12.6. The van der Waals surface area contributed by atoms with Crippen LogP contribution in [0.1, 0.15) is 5.89 Å². The molecular formula is C19H18N4O5S. The molecule has 0 spiro atoms. The fraction of sp³-hybridized carbons (Fsp3) is 0.211. The topological polar surface area (TPSA) is 115 Å². The van der Waals surface area contributed by atoms with Gasteiger partial charge in [-0.15, -0.1) is 0 Å². The Labute approximate surface area is 167 Å². The van der Waals surface area contributed by atoms with Crippen LogP contribution in [0.15, 0.2) is 59.1 Å². The molecule has 0 aliphatic carbocycles. The third-order valence-corrected chi connectivity index (χ3v) is 5.49. The van der Waals surface area contributed by atoms with E-state index in [9.17, 15) is 13.2 Å². The Balaban J connectivity index is 1.45. The summed E-state index contributed by atoms with van der Waals surface area (Å²) in [5, 5.41) is 6.55. The molecular weight excluding hydrogens is 396 g/mol. The van der Waals surface area contributed by atoms with Crippen LogP contribution in [0.3, 0.4) is 0 Å². The number of rotatable bonds is 5. The fourth-order valence-electron chi connectivity index (χ4n) is 2.96. The van der Waals surface area contributed by atoms with Crippen molar-refractivity contribution in [3.05, 3.63) is 60.5 Å². The molecule has 1 amide bonds. The molecule has 0 fully saturated rings. The van der Waals surface area contributed by atoms with Gasteiger partial charge in [0.25, 0.3) is 5.91 Å². The first-order chi connectivity index (χ1) is 13.9. The van der Waals surface area contributed by atoms with Crippen molar-refractivity contribution in [2.45, 2.75) is 12.6 Å². The minimum Gasteiger partial charge on any atom is -0.476 e. The molecule has 1 aromatic heterocycles. The van der Waals surface area contributed by atoms with E-state index in [-0.39, 0.29) is 19.0 Å². The molecule has 0 radical (unpaired) electrons. The van der Waals surface area contributed by atoms with Crippen LogP contribution in [-0.2, 0) is 21.4 Å². The number of hydrogen-bond acceptors (Lipinski definition) is 7. The summed E-state index contributed by atoms with van der Waals surface area (Å²) in [6.45, 7) is -0.125. The number of sulfonamides is 1. The molecule has 1 N–H and O–H groups in total. The van der Waals surface area contributed by atoms with Crippen molar-refractivity contribution in [2.75, 3.05) is 17.1 Å². The minimum absolute atomic E-state index is 0.000944. The molecule has 9 nitrogen and oxygen atoms in total. The van der Waals surface area contributed by atoms with Crippen LogP contribution in [0.2, 0.25) is 0 Å². The number of amides is 1. The number of benzene rings is 2.